The number of halogens is 1. The Morgan fingerprint density at radius 1 is 1.06 bits per heavy atom. The van der Waals surface area contributed by atoms with E-state index in [0.717, 1.165) is 40.7 Å². The maximum atomic E-state index is 11.6. The normalized spacial score (nSPS) is 10.2. The zero-order valence-corrected chi connectivity index (χ0v) is 20.0. The molecule has 0 saturated carbocycles. The summed E-state index contributed by atoms with van der Waals surface area (Å²) in [5.74, 6) is 0.462. The van der Waals surface area contributed by atoms with Crippen LogP contribution in [0.2, 0.25) is 5.02 Å². The molecule has 3 aromatic rings. The van der Waals surface area contributed by atoms with Gasteiger partial charge in [0.05, 0.1) is 10.6 Å². The van der Waals surface area contributed by atoms with E-state index in [1.807, 2.05) is 33.2 Å². The van der Waals surface area contributed by atoms with Gasteiger partial charge in [-0.25, -0.2) is 0 Å². The highest BCUT2D eigenvalue weighted by molar-refractivity contribution is 6.33. The van der Waals surface area contributed by atoms with Crippen molar-refractivity contribution in [3.63, 3.8) is 0 Å². The van der Waals surface area contributed by atoms with Crippen molar-refractivity contribution in [2.45, 2.75) is 26.7 Å². The lowest BCUT2D eigenvalue weighted by molar-refractivity contribution is -0.106. The predicted octanol–water partition coefficient (Wildman–Crippen LogP) is 4.05. The van der Waals surface area contributed by atoms with E-state index in [4.69, 9.17) is 21.1 Å². The number of primary amides is 1. The number of hydrogen-bond acceptors (Lipinski definition) is 5. The summed E-state index contributed by atoms with van der Waals surface area (Å²) in [5, 5.41) is 3.52. The Hall–Kier alpha value is -3.22. The molecular weight excluding hydrogens is 438 g/mol. The van der Waals surface area contributed by atoms with Crippen LogP contribution in [0.4, 0.5) is 0 Å². The van der Waals surface area contributed by atoms with Crippen LogP contribution in [-0.4, -0.2) is 37.9 Å². The molecule has 0 atom stereocenters. The van der Waals surface area contributed by atoms with Crippen molar-refractivity contribution in [1.82, 2.24) is 10.3 Å². The van der Waals surface area contributed by atoms with Crippen LogP contribution in [0.1, 0.15) is 43.9 Å². The number of pyridine rings is 1. The maximum absolute atomic E-state index is 11.6. The largest absolute Gasteiger partial charge is 0.490 e. The Labute approximate surface area is 200 Å². The van der Waals surface area contributed by atoms with Gasteiger partial charge in [-0.05, 0) is 67.3 Å². The second-order valence-electron chi connectivity index (χ2n) is 7.60. The van der Waals surface area contributed by atoms with Crippen LogP contribution in [-0.2, 0) is 17.6 Å². The Kier molecular flexibility index (Phi) is 10.5. The Morgan fingerprint density at radius 2 is 1.70 bits per heavy atom. The molecule has 0 fully saturated rings. The van der Waals surface area contributed by atoms with Crippen molar-refractivity contribution >= 4 is 24.3 Å². The highest BCUT2D eigenvalue weighted by atomic mass is 35.5. The summed E-state index contributed by atoms with van der Waals surface area (Å²) < 4.78 is 5.73. The number of aryl methyl sites for hydroxylation is 1. The standard InChI is InChI=1S/C25H27ClN2O2.CH3NO/c1-17-4-9-23(28-15-17)13-20-7-5-19(6-8-20)12-21-14-22(16-29)25(24(26)18(21)2)30-11-10-27-3;2-1-3/h4-9,14-16,27H,10-13H2,1-3H3;1H,(H2,2,3). The van der Waals surface area contributed by atoms with Gasteiger partial charge >= 0.3 is 0 Å². The minimum atomic E-state index is 0.250. The molecule has 1 amide bonds. The van der Waals surface area contributed by atoms with E-state index in [1.54, 1.807) is 0 Å². The number of likely N-dealkylation sites (N-methyl/N-ethyl adjacent to an activating group) is 1. The van der Waals surface area contributed by atoms with E-state index in [2.05, 4.69) is 52.4 Å². The van der Waals surface area contributed by atoms with Crippen molar-refractivity contribution < 1.29 is 14.3 Å². The Bertz CT molecular complexity index is 1050. The molecule has 1 heterocycles. The van der Waals surface area contributed by atoms with Crippen molar-refractivity contribution in [2.24, 2.45) is 5.73 Å². The topological polar surface area (TPSA) is 94.3 Å². The first kappa shape index (κ1) is 26.0. The van der Waals surface area contributed by atoms with Gasteiger partial charge in [0.25, 0.3) is 0 Å². The van der Waals surface area contributed by atoms with E-state index >= 15 is 0 Å². The molecule has 33 heavy (non-hydrogen) atoms. The molecule has 0 bridgehead atoms. The first-order chi connectivity index (χ1) is 15.9. The number of rotatable bonds is 9. The molecule has 3 N–H and O–H groups in total. The molecule has 7 heteroatoms. The summed E-state index contributed by atoms with van der Waals surface area (Å²) in [7, 11) is 1.85. The number of nitrogens with one attached hydrogen (secondary N) is 1. The van der Waals surface area contributed by atoms with Crippen molar-refractivity contribution in [3.05, 3.63) is 92.8 Å². The summed E-state index contributed by atoms with van der Waals surface area (Å²) in [6.45, 7) is 5.14. The van der Waals surface area contributed by atoms with E-state index < -0.39 is 0 Å². The summed E-state index contributed by atoms with van der Waals surface area (Å²) >= 11 is 6.54. The molecule has 0 aliphatic heterocycles. The van der Waals surface area contributed by atoms with Gasteiger partial charge in [0, 0.05) is 24.9 Å². The summed E-state index contributed by atoms with van der Waals surface area (Å²) in [4.78, 5) is 24.7. The number of carbonyl (C=O) groups is 2. The second kappa shape index (κ2) is 13.4. The number of benzene rings is 2. The van der Waals surface area contributed by atoms with Crippen LogP contribution < -0.4 is 15.8 Å². The zero-order valence-electron chi connectivity index (χ0n) is 19.2. The van der Waals surface area contributed by atoms with Crippen molar-refractivity contribution in [2.75, 3.05) is 20.2 Å². The lowest BCUT2D eigenvalue weighted by Crippen LogP contribution is -2.17. The van der Waals surface area contributed by atoms with Crippen LogP contribution in [0.3, 0.4) is 0 Å². The van der Waals surface area contributed by atoms with E-state index in [0.29, 0.717) is 35.9 Å². The Balaban J connectivity index is 0.00000122. The van der Waals surface area contributed by atoms with Crippen LogP contribution in [0.25, 0.3) is 0 Å². The number of aldehydes is 1. The number of nitrogens with two attached hydrogens (primary N) is 1. The lowest BCUT2D eigenvalue weighted by Gasteiger charge is -2.16. The number of hydrogen-bond donors (Lipinski definition) is 2. The predicted molar refractivity (Wildman–Crippen MR) is 132 cm³/mol. The van der Waals surface area contributed by atoms with Gasteiger partial charge in [-0.3, -0.25) is 14.6 Å². The summed E-state index contributed by atoms with van der Waals surface area (Å²) in [6, 6.07) is 14.5. The van der Waals surface area contributed by atoms with Crippen molar-refractivity contribution in [1.29, 1.82) is 0 Å². The van der Waals surface area contributed by atoms with Crippen LogP contribution in [0.5, 0.6) is 5.75 Å². The summed E-state index contributed by atoms with van der Waals surface area (Å²) in [6.07, 6.45) is 4.46. The molecule has 1 aromatic heterocycles. The Morgan fingerprint density at radius 3 is 2.24 bits per heavy atom. The number of amides is 1. The fourth-order valence-electron chi connectivity index (χ4n) is 3.28. The average Bonchev–Trinajstić information content (AvgIpc) is 2.81. The highest BCUT2D eigenvalue weighted by Crippen LogP contribution is 2.34. The molecule has 0 spiro atoms. The van der Waals surface area contributed by atoms with Gasteiger partial charge in [0.15, 0.2) is 6.29 Å². The quantitative estimate of drug-likeness (QED) is 0.366. The van der Waals surface area contributed by atoms with Crippen molar-refractivity contribution in [3.8, 4) is 5.75 Å². The average molecular weight is 468 g/mol. The molecule has 0 aliphatic carbocycles. The molecule has 2 aromatic carbocycles. The molecule has 0 aliphatic rings. The SMILES string of the molecule is CNCCOc1c(C=O)cc(Cc2ccc(Cc3ccc(C)cn3)cc2)c(C)c1Cl.NC=O. The molecular formula is C26H30ClN3O3. The van der Waals surface area contributed by atoms with Crippen LogP contribution in [0.15, 0.2) is 48.7 Å². The number of aromatic nitrogens is 1. The number of carbonyl (C=O) groups excluding carboxylic acids is 2. The minimum absolute atomic E-state index is 0.250. The zero-order chi connectivity index (χ0) is 24.2. The van der Waals surface area contributed by atoms with Gasteiger partial charge in [0.1, 0.15) is 12.4 Å². The molecule has 0 unspecified atom stereocenters. The fraction of sp³-hybridized carbons (Fsp3) is 0.269. The summed E-state index contributed by atoms with van der Waals surface area (Å²) in [5.41, 5.74) is 11.2. The van der Waals surface area contributed by atoms with Gasteiger partial charge in [-0.15, -0.1) is 0 Å². The van der Waals surface area contributed by atoms with Crippen LogP contribution in [0, 0.1) is 13.8 Å². The third-order valence-corrected chi connectivity index (χ3v) is 5.56. The van der Waals surface area contributed by atoms with Gasteiger partial charge in [-0.2, -0.15) is 0 Å². The monoisotopic (exact) mass is 467 g/mol. The van der Waals surface area contributed by atoms with E-state index in [1.165, 1.54) is 5.56 Å². The minimum Gasteiger partial charge on any atom is -0.490 e. The van der Waals surface area contributed by atoms with Gasteiger partial charge < -0.3 is 15.8 Å². The first-order valence-electron chi connectivity index (χ1n) is 10.6. The maximum Gasteiger partial charge on any atom is 0.204 e. The number of ether oxygens (including phenoxy) is 1. The molecule has 0 radical (unpaired) electrons. The van der Waals surface area contributed by atoms with Gasteiger partial charge in [0.2, 0.25) is 6.41 Å². The lowest BCUT2D eigenvalue weighted by atomic mass is 9.96. The second-order valence-corrected chi connectivity index (χ2v) is 7.97. The number of nitrogens with zero attached hydrogens (tertiary/aromatic N) is 1. The van der Waals surface area contributed by atoms with Gasteiger partial charge in [-0.1, -0.05) is 41.9 Å². The molecule has 174 valence electrons. The smallest absolute Gasteiger partial charge is 0.204 e. The molecule has 0 saturated heterocycles. The third-order valence-electron chi connectivity index (χ3n) is 5.10. The molecule has 3 rings (SSSR count). The van der Waals surface area contributed by atoms with E-state index in [-0.39, 0.29) is 6.41 Å². The molecule has 6 nitrogen and oxygen atoms in total. The first-order valence-corrected chi connectivity index (χ1v) is 11.0. The van der Waals surface area contributed by atoms with E-state index in [9.17, 15) is 4.79 Å². The highest BCUT2D eigenvalue weighted by Gasteiger charge is 2.15. The third kappa shape index (κ3) is 7.70. The van der Waals surface area contributed by atoms with Crippen LogP contribution >= 0.6 is 11.6 Å². The fourth-order valence-corrected chi connectivity index (χ4v) is 3.56.